The molecule has 5 heterocycles. The van der Waals surface area contributed by atoms with Crippen LogP contribution in [0.25, 0.3) is 11.1 Å². The van der Waals surface area contributed by atoms with Crippen LogP contribution < -0.4 is 25.6 Å². The molecule has 2 amide bonds. The van der Waals surface area contributed by atoms with E-state index in [0.29, 0.717) is 48.3 Å². The fourth-order valence-electron chi connectivity index (χ4n) is 4.88. The summed E-state index contributed by atoms with van der Waals surface area (Å²) in [6.45, 7) is 1.24. The number of carbonyl (C=O) groups excluding carboxylic acids is 2. The zero-order valence-corrected chi connectivity index (χ0v) is 18.5. The van der Waals surface area contributed by atoms with Crippen molar-refractivity contribution in [1.29, 1.82) is 0 Å². The first-order valence-corrected chi connectivity index (χ1v) is 11.5. The Balaban J connectivity index is 1.22. The lowest BCUT2D eigenvalue weighted by molar-refractivity contribution is -0.118. The van der Waals surface area contributed by atoms with E-state index in [1.165, 1.54) is 0 Å². The predicted octanol–water partition coefficient (Wildman–Crippen LogP) is 3.48. The lowest BCUT2D eigenvalue weighted by atomic mass is 10.1. The third kappa shape index (κ3) is 3.49. The highest BCUT2D eigenvalue weighted by Crippen LogP contribution is 2.39. The molecule has 2 saturated heterocycles. The van der Waals surface area contributed by atoms with Crippen LogP contribution in [0.2, 0.25) is 0 Å². The van der Waals surface area contributed by atoms with Crippen molar-refractivity contribution < 1.29 is 14.3 Å². The van der Waals surface area contributed by atoms with Gasteiger partial charge in [0, 0.05) is 30.6 Å². The Labute approximate surface area is 196 Å². The van der Waals surface area contributed by atoms with Crippen molar-refractivity contribution in [3.8, 4) is 17.0 Å². The summed E-state index contributed by atoms with van der Waals surface area (Å²) in [5.74, 6) is 1.69. The number of hydrogen-bond acceptors (Lipinski definition) is 7. The molecule has 9 nitrogen and oxygen atoms in total. The molecule has 3 aromatic rings. The summed E-state index contributed by atoms with van der Waals surface area (Å²) in [6, 6.07) is 13.5. The van der Waals surface area contributed by atoms with Gasteiger partial charge in [-0.3, -0.25) is 9.59 Å². The van der Waals surface area contributed by atoms with E-state index in [2.05, 4.69) is 15.3 Å². The standard InChI is InChI=1S/C25H24N6O3/c26-24-19(15-3-5-17(6-4-15)30-11-1-2-22(30)32)8-9-21(29-24)28-16-12-20-25(27-13-16)34-14-18-7-10-23(33)31(18)20/h3-6,8-9,12-13,18H,1-2,7,10-11,14H2,(H3,26,28,29). The molecular formula is C25H24N6O3. The Kier molecular flexibility index (Phi) is 4.83. The van der Waals surface area contributed by atoms with E-state index in [-0.39, 0.29) is 17.9 Å². The van der Waals surface area contributed by atoms with Gasteiger partial charge in [0.15, 0.2) is 0 Å². The molecule has 0 saturated carbocycles. The number of hydrogen-bond donors (Lipinski definition) is 2. The van der Waals surface area contributed by atoms with Crippen LogP contribution in [0, 0.1) is 0 Å². The summed E-state index contributed by atoms with van der Waals surface area (Å²) in [5.41, 5.74) is 10.3. The molecule has 3 aliphatic rings. The first-order valence-electron chi connectivity index (χ1n) is 11.5. The molecule has 2 aromatic heterocycles. The van der Waals surface area contributed by atoms with Gasteiger partial charge in [-0.05, 0) is 48.7 Å². The van der Waals surface area contributed by atoms with Gasteiger partial charge < -0.3 is 25.6 Å². The number of nitrogens with two attached hydrogens (primary N) is 1. The molecule has 6 rings (SSSR count). The lowest BCUT2D eigenvalue weighted by Gasteiger charge is -2.31. The van der Waals surface area contributed by atoms with Crippen LogP contribution in [0.4, 0.5) is 28.7 Å². The molecule has 34 heavy (non-hydrogen) atoms. The van der Waals surface area contributed by atoms with Crippen LogP contribution in [-0.4, -0.2) is 41.0 Å². The number of pyridine rings is 2. The van der Waals surface area contributed by atoms with Crippen molar-refractivity contribution in [3.63, 3.8) is 0 Å². The highest BCUT2D eigenvalue weighted by atomic mass is 16.5. The summed E-state index contributed by atoms with van der Waals surface area (Å²) < 4.78 is 5.73. The van der Waals surface area contributed by atoms with E-state index < -0.39 is 0 Å². The molecule has 172 valence electrons. The van der Waals surface area contributed by atoms with Gasteiger partial charge in [0.1, 0.15) is 23.9 Å². The van der Waals surface area contributed by atoms with E-state index in [1.807, 2.05) is 47.4 Å². The Bertz CT molecular complexity index is 1290. The molecule has 1 atom stereocenters. The maximum atomic E-state index is 12.3. The number of carbonyl (C=O) groups is 2. The van der Waals surface area contributed by atoms with Crippen molar-refractivity contribution >= 4 is 40.5 Å². The second-order valence-corrected chi connectivity index (χ2v) is 8.77. The number of ether oxygens (including phenoxy) is 1. The maximum Gasteiger partial charge on any atom is 0.238 e. The van der Waals surface area contributed by atoms with Crippen molar-refractivity contribution in [2.75, 3.05) is 34.0 Å². The minimum Gasteiger partial charge on any atom is -0.474 e. The minimum absolute atomic E-state index is 0.0695. The SMILES string of the molecule is Nc1nc(Nc2cnc3c(c2)N2C(=O)CCC2CO3)ccc1-c1ccc(N2CCCC2=O)cc1. The number of benzene rings is 1. The van der Waals surface area contributed by atoms with Gasteiger partial charge in [-0.1, -0.05) is 12.1 Å². The monoisotopic (exact) mass is 456 g/mol. The number of nitrogens with one attached hydrogen (secondary N) is 1. The summed E-state index contributed by atoms with van der Waals surface area (Å²) in [4.78, 5) is 36.8. The number of amides is 2. The summed E-state index contributed by atoms with van der Waals surface area (Å²) >= 11 is 0. The molecule has 3 N–H and O–H groups in total. The molecule has 0 bridgehead atoms. The normalized spacial score (nSPS) is 19.1. The molecule has 2 fully saturated rings. The van der Waals surface area contributed by atoms with Gasteiger partial charge in [0.2, 0.25) is 17.7 Å². The molecule has 0 radical (unpaired) electrons. The third-order valence-corrected chi connectivity index (χ3v) is 6.59. The van der Waals surface area contributed by atoms with Crippen molar-refractivity contribution in [2.45, 2.75) is 31.7 Å². The molecule has 1 aromatic carbocycles. The molecular weight excluding hydrogens is 432 g/mol. The zero-order chi connectivity index (χ0) is 23.2. The smallest absolute Gasteiger partial charge is 0.238 e. The number of aromatic nitrogens is 2. The Hall–Kier alpha value is -4.14. The van der Waals surface area contributed by atoms with Gasteiger partial charge in [0.25, 0.3) is 0 Å². The van der Waals surface area contributed by atoms with E-state index in [9.17, 15) is 9.59 Å². The first-order chi connectivity index (χ1) is 16.6. The van der Waals surface area contributed by atoms with Crippen LogP contribution in [0.5, 0.6) is 5.88 Å². The van der Waals surface area contributed by atoms with Crippen LogP contribution in [0.15, 0.2) is 48.7 Å². The number of nitrogen functional groups attached to an aromatic ring is 1. The molecule has 3 aliphatic heterocycles. The molecule has 0 aliphatic carbocycles. The highest BCUT2D eigenvalue weighted by molar-refractivity contribution is 5.98. The number of rotatable bonds is 4. The van der Waals surface area contributed by atoms with Crippen LogP contribution >= 0.6 is 0 Å². The summed E-state index contributed by atoms with van der Waals surface area (Å²) in [7, 11) is 0. The Morgan fingerprint density at radius 2 is 1.91 bits per heavy atom. The minimum atomic E-state index is 0.0695. The Morgan fingerprint density at radius 3 is 2.68 bits per heavy atom. The Morgan fingerprint density at radius 1 is 1.06 bits per heavy atom. The van der Waals surface area contributed by atoms with Gasteiger partial charge in [-0.2, -0.15) is 0 Å². The van der Waals surface area contributed by atoms with E-state index >= 15 is 0 Å². The maximum absolute atomic E-state index is 12.3. The number of anilines is 5. The molecule has 0 spiro atoms. The van der Waals surface area contributed by atoms with Crippen molar-refractivity contribution in [1.82, 2.24) is 9.97 Å². The second kappa shape index (κ2) is 8.02. The fourth-order valence-corrected chi connectivity index (χ4v) is 4.88. The molecule has 9 heteroatoms. The van der Waals surface area contributed by atoms with Gasteiger partial charge >= 0.3 is 0 Å². The van der Waals surface area contributed by atoms with Gasteiger partial charge in [0.05, 0.1) is 17.9 Å². The molecule has 1 unspecified atom stereocenters. The second-order valence-electron chi connectivity index (χ2n) is 8.77. The largest absolute Gasteiger partial charge is 0.474 e. The summed E-state index contributed by atoms with van der Waals surface area (Å²) in [5, 5.41) is 3.23. The third-order valence-electron chi connectivity index (χ3n) is 6.59. The zero-order valence-electron chi connectivity index (χ0n) is 18.5. The topological polar surface area (TPSA) is 114 Å². The van der Waals surface area contributed by atoms with Crippen molar-refractivity contribution in [3.05, 3.63) is 48.7 Å². The van der Waals surface area contributed by atoms with Gasteiger partial charge in [-0.15, -0.1) is 0 Å². The van der Waals surface area contributed by atoms with E-state index in [4.69, 9.17) is 10.5 Å². The number of nitrogens with zero attached hydrogens (tertiary/aromatic N) is 4. The lowest BCUT2D eigenvalue weighted by Crippen LogP contribution is -2.40. The van der Waals surface area contributed by atoms with E-state index in [1.54, 1.807) is 11.1 Å². The fraction of sp³-hybridized carbons (Fsp3) is 0.280. The summed E-state index contributed by atoms with van der Waals surface area (Å²) in [6.07, 6.45) is 4.48. The van der Waals surface area contributed by atoms with Crippen LogP contribution in [0.1, 0.15) is 25.7 Å². The predicted molar refractivity (Wildman–Crippen MR) is 129 cm³/mol. The average Bonchev–Trinajstić information content (AvgIpc) is 3.45. The highest BCUT2D eigenvalue weighted by Gasteiger charge is 2.38. The van der Waals surface area contributed by atoms with E-state index in [0.717, 1.165) is 36.2 Å². The first kappa shape index (κ1) is 20.5. The quantitative estimate of drug-likeness (QED) is 0.618. The number of fused-ring (bicyclic) bond motifs is 3. The van der Waals surface area contributed by atoms with Crippen molar-refractivity contribution in [2.24, 2.45) is 0 Å². The van der Waals surface area contributed by atoms with Crippen LogP contribution in [0.3, 0.4) is 0 Å². The average molecular weight is 457 g/mol. The van der Waals surface area contributed by atoms with Crippen LogP contribution in [-0.2, 0) is 9.59 Å². The van der Waals surface area contributed by atoms with Gasteiger partial charge in [-0.25, -0.2) is 9.97 Å².